The number of amides is 1. The Morgan fingerprint density at radius 3 is 2.68 bits per heavy atom. The fourth-order valence-electron chi connectivity index (χ4n) is 4.11. The molecule has 0 saturated carbocycles. The number of methoxy groups -OCH3 is 1. The summed E-state index contributed by atoms with van der Waals surface area (Å²) in [6, 6.07) is 18.0. The van der Waals surface area contributed by atoms with Crippen LogP contribution < -0.4 is 24.9 Å². The van der Waals surface area contributed by atoms with Crippen molar-refractivity contribution in [2.75, 3.05) is 12.4 Å². The van der Waals surface area contributed by atoms with E-state index in [4.69, 9.17) is 9.15 Å². The molecule has 5 rings (SSSR count). The van der Waals surface area contributed by atoms with Crippen LogP contribution >= 0.6 is 11.3 Å². The van der Waals surface area contributed by atoms with E-state index in [1.165, 1.54) is 29.9 Å². The van der Waals surface area contributed by atoms with E-state index in [1.807, 2.05) is 24.3 Å². The number of thiazole rings is 1. The van der Waals surface area contributed by atoms with Gasteiger partial charge in [0, 0.05) is 11.8 Å². The van der Waals surface area contributed by atoms with Crippen molar-refractivity contribution in [3.05, 3.63) is 119 Å². The summed E-state index contributed by atoms with van der Waals surface area (Å²) in [7, 11) is 1.54. The highest BCUT2D eigenvalue weighted by Crippen LogP contribution is 2.32. The summed E-state index contributed by atoms with van der Waals surface area (Å²) < 4.78 is 12.3. The Hall–Kier alpha value is -4.77. The van der Waals surface area contributed by atoms with Gasteiger partial charge in [0.25, 0.3) is 11.5 Å². The molecular weight excluding hydrogens is 496 g/mol. The summed E-state index contributed by atoms with van der Waals surface area (Å²) in [5.41, 5.74) is 1.63. The third kappa shape index (κ3) is 4.59. The number of ether oxygens (including phenoxy) is 1. The van der Waals surface area contributed by atoms with Crippen LogP contribution in [-0.2, 0) is 4.79 Å². The topological polar surface area (TPSA) is 129 Å². The van der Waals surface area contributed by atoms with Crippen LogP contribution in [0, 0.1) is 10.1 Å². The number of nitrogens with zero attached hydrogens (tertiary/aromatic N) is 3. The second kappa shape index (κ2) is 9.70. The fourth-order valence-corrected chi connectivity index (χ4v) is 5.13. The molecule has 1 atom stereocenters. The van der Waals surface area contributed by atoms with Gasteiger partial charge in [-0.2, -0.15) is 0 Å². The zero-order valence-corrected chi connectivity index (χ0v) is 20.5. The Morgan fingerprint density at radius 1 is 1.19 bits per heavy atom. The van der Waals surface area contributed by atoms with Crippen molar-refractivity contribution in [2.24, 2.45) is 4.99 Å². The molecule has 0 spiro atoms. The van der Waals surface area contributed by atoms with E-state index in [0.717, 1.165) is 11.3 Å². The number of allylic oxidation sites excluding steroid dienone is 1. The van der Waals surface area contributed by atoms with Crippen LogP contribution in [0.5, 0.6) is 5.75 Å². The predicted molar refractivity (Wildman–Crippen MR) is 137 cm³/mol. The Bertz CT molecular complexity index is 1730. The van der Waals surface area contributed by atoms with Gasteiger partial charge in [0.05, 0.1) is 35.0 Å². The number of anilines is 1. The second-order valence-electron chi connectivity index (χ2n) is 8.11. The van der Waals surface area contributed by atoms with E-state index in [9.17, 15) is 19.7 Å². The predicted octanol–water partition coefficient (Wildman–Crippen LogP) is 3.38. The fraction of sp³-hybridized carbons (Fsp3) is 0.115. The lowest BCUT2D eigenvalue weighted by Crippen LogP contribution is -2.40. The first-order chi connectivity index (χ1) is 17.9. The van der Waals surface area contributed by atoms with Gasteiger partial charge in [0.15, 0.2) is 4.80 Å². The molecule has 0 unspecified atom stereocenters. The molecule has 11 heteroatoms. The van der Waals surface area contributed by atoms with Crippen molar-refractivity contribution in [1.82, 2.24) is 4.57 Å². The minimum absolute atomic E-state index is 0.160. The SMILES string of the molecule is COc1cccc([C@H]2C(C(=O)Nc3ccccc3)=C(C)N=c3s/c(=C\c4ccc([N+](=O)[O-])o4)c(=O)n32)c1. The first kappa shape index (κ1) is 23.9. The number of carbonyl (C=O) groups is 1. The van der Waals surface area contributed by atoms with Crippen LogP contribution in [0.1, 0.15) is 24.3 Å². The Balaban J connectivity index is 1.67. The molecule has 1 N–H and O–H groups in total. The summed E-state index contributed by atoms with van der Waals surface area (Å²) in [6.07, 6.45) is 1.43. The molecule has 2 aromatic carbocycles. The number of fused-ring (bicyclic) bond motifs is 1. The van der Waals surface area contributed by atoms with Crippen molar-refractivity contribution in [3.63, 3.8) is 0 Å². The number of benzene rings is 2. The summed E-state index contributed by atoms with van der Waals surface area (Å²) in [4.78, 5) is 42.5. The highest BCUT2D eigenvalue weighted by Gasteiger charge is 2.32. The number of nitro groups is 1. The zero-order chi connectivity index (χ0) is 26.1. The van der Waals surface area contributed by atoms with E-state index >= 15 is 0 Å². The normalized spacial score (nSPS) is 15.2. The average molecular weight is 517 g/mol. The molecule has 0 aliphatic carbocycles. The maximum Gasteiger partial charge on any atom is 0.433 e. The molecule has 4 aromatic rings. The zero-order valence-electron chi connectivity index (χ0n) is 19.7. The summed E-state index contributed by atoms with van der Waals surface area (Å²) in [5.74, 6) is -0.0900. The van der Waals surface area contributed by atoms with Gasteiger partial charge >= 0.3 is 5.88 Å². The molecule has 0 bridgehead atoms. The lowest BCUT2D eigenvalue weighted by molar-refractivity contribution is -0.402. The van der Waals surface area contributed by atoms with Crippen molar-refractivity contribution in [3.8, 4) is 5.75 Å². The number of nitrogens with one attached hydrogen (secondary N) is 1. The van der Waals surface area contributed by atoms with Crippen LogP contribution in [0.15, 0.2) is 92.2 Å². The first-order valence-corrected chi connectivity index (χ1v) is 11.9. The number of furan rings is 1. The van der Waals surface area contributed by atoms with Gasteiger partial charge in [0.1, 0.15) is 16.4 Å². The third-order valence-corrected chi connectivity index (χ3v) is 6.76. The van der Waals surface area contributed by atoms with E-state index in [2.05, 4.69) is 10.3 Å². The average Bonchev–Trinajstić information content (AvgIpc) is 3.48. The molecule has 1 aliphatic rings. The summed E-state index contributed by atoms with van der Waals surface area (Å²) in [6.45, 7) is 1.72. The Labute approximate surface area is 213 Å². The molecule has 186 valence electrons. The first-order valence-electron chi connectivity index (χ1n) is 11.1. The standard InChI is InChI=1S/C26H20N4O6S/c1-15-22(24(31)28-17-8-4-3-5-9-17)23(16-7-6-10-18(13-16)35-2)29-25(32)20(37-26(29)27-15)14-19-11-12-21(36-19)30(33)34/h3-14,23H,1-2H3,(H,28,31)/b20-14-/t23-/m0/s1. The molecular formula is C26H20N4O6S. The van der Waals surface area contributed by atoms with Crippen LogP contribution in [0.25, 0.3) is 6.08 Å². The number of carbonyl (C=O) groups excluding carboxylic acids is 1. The van der Waals surface area contributed by atoms with Gasteiger partial charge in [-0.05, 0) is 42.8 Å². The van der Waals surface area contributed by atoms with Gasteiger partial charge in [-0.25, -0.2) is 4.99 Å². The number of hydrogen-bond acceptors (Lipinski definition) is 8. The number of para-hydroxylation sites is 1. The summed E-state index contributed by atoms with van der Waals surface area (Å²) in [5, 5.41) is 13.9. The maximum absolute atomic E-state index is 13.7. The molecule has 1 amide bonds. The minimum Gasteiger partial charge on any atom is -0.497 e. The number of aromatic nitrogens is 1. The molecule has 1 aliphatic heterocycles. The van der Waals surface area contributed by atoms with E-state index in [-0.39, 0.29) is 10.3 Å². The van der Waals surface area contributed by atoms with Gasteiger partial charge < -0.3 is 14.5 Å². The quantitative estimate of drug-likeness (QED) is 0.309. The third-order valence-electron chi connectivity index (χ3n) is 5.77. The van der Waals surface area contributed by atoms with Gasteiger partial charge in [-0.1, -0.05) is 41.7 Å². The maximum atomic E-state index is 13.7. The van der Waals surface area contributed by atoms with E-state index < -0.39 is 28.3 Å². The van der Waals surface area contributed by atoms with Crippen molar-refractivity contribution in [1.29, 1.82) is 0 Å². The molecule has 2 aromatic heterocycles. The van der Waals surface area contributed by atoms with Crippen molar-refractivity contribution in [2.45, 2.75) is 13.0 Å². The molecule has 3 heterocycles. The smallest absolute Gasteiger partial charge is 0.433 e. The van der Waals surface area contributed by atoms with Crippen LogP contribution in [-0.4, -0.2) is 22.5 Å². The Kier molecular flexibility index (Phi) is 6.28. The van der Waals surface area contributed by atoms with Crippen molar-refractivity contribution >= 4 is 34.9 Å². The van der Waals surface area contributed by atoms with Crippen LogP contribution in [0.2, 0.25) is 0 Å². The van der Waals surface area contributed by atoms with E-state index in [1.54, 1.807) is 37.3 Å². The largest absolute Gasteiger partial charge is 0.497 e. The van der Waals surface area contributed by atoms with Crippen LogP contribution in [0.4, 0.5) is 11.6 Å². The number of rotatable bonds is 6. The molecule has 10 nitrogen and oxygen atoms in total. The highest BCUT2D eigenvalue weighted by atomic mass is 32.1. The summed E-state index contributed by atoms with van der Waals surface area (Å²) >= 11 is 1.11. The lowest BCUT2D eigenvalue weighted by Gasteiger charge is -2.25. The molecule has 0 saturated heterocycles. The van der Waals surface area contributed by atoms with E-state index in [0.29, 0.717) is 33.1 Å². The number of hydrogen-bond donors (Lipinski definition) is 1. The lowest BCUT2D eigenvalue weighted by atomic mass is 9.95. The highest BCUT2D eigenvalue weighted by molar-refractivity contribution is 7.07. The van der Waals surface area contributed by atoms with Crippen LogP contribution in [0.3, 0.4) is 0 Å². The van der Waals surface area contributed by atoms with Gasteiger partial charge in [-0.15, -0.1) is 0 Å². The molecule has 0 radical (unpaired) electrons. The minimum atomic E-state index is -0.789. The Morgan fingerprint density at radius 2 is 1.97 bits per heavy atom. The molecule has 0 fully saturated rings. The van der Waals surface area contributed by atoms with Crippen molar-refractivity contribution < 1.29 is 18.9 Å². The van der Waals surface area contributed by atoms with Gasteiger partial charge in [-0.3, -0.25) is 24.3 Å². The van der Waals surface area contributed by atoms with Gasteiger partial charge in [0.2, 0.25) is 0 Å². The second-order valence-corrected chi connectivity index (χ2v) is 9.12. The monoisotopic (exact) mass is 516 g/mol. The molecule has 37 heavy (non-hydrogen) atoms.